The second kappa shape index (κ2) is 9.92. The number of methoxy groups -OCH3 is 1. The highest BCUT2D eigenvalue weighted by Gasteiger charge is 2.27. The van der Waals surface area contributed by atoms with Gasteiger partial charge in [0.1, 0.15) is 11.8 Å². The standard InChI is InChI=1S/C18H24N2O6S/c1-5-18(2,3)17(21)25-11-6-12-27(22,23)26-20-16(13-19)14-7-9-15(24-4)10-8-14/h7-10H,5-6,11-12H2,1-4H3/b20-16-. The molecule has 0 amide bonds. The first-order valence-electron chi connectivity index (χ1n) is 8.36. The summed E-state index contributed by atoms with van der Waals surface area (Å²) in [6.07, 6.45) is 0.679. The largest absolute Gasteiger partial charge is 0.497 e. The molecule has 0 atom stereocenters. The Labute approximate surface area is 159 Å². The lowest BCUT2D eigenvalue weighted by molar-refractivity contribution is -0.154. The molecule has 9 heteroatoms. The number of hydrogen-bond donors (Lipinski definition) is 0. The van der Waals surface area contributed by atoms with Gasteiger partial charge in [0, 0.05) is 5.56 Å². The van der Waals surface area contributed by atoms with E-state index in [0.29, 0.717) is 17.7 Å². The Hall–Kier alpha value is -2.60. The van der Waals surface area contributed by atoms with Gasteiger partial charge in [-0.3, -0.25) is 9.08 Å². The second-order valence-corrected chi connectivity index (χ2v) is 8.02. The molecule has 0 aliphatic carbocycles. The molecule has 1 aromatic carbocycles. The molecule has 0 spiro atoms. The van der Waals surface area contributed by atoms with E-state index in [1.54, 1.807) is 44.2 Å². The van der Waals surface area contributed by atoms with Crippen LogP contribution in [0.1, 0.15) is 39.2 Å². The molecular formula is C18H24N2O6S. The third-order valence-electron chi connectivity index (χ3n) is 3.92. The normalized spacial score (nSPS) is 12.2. The Balaban J connectivity index is 2.59. The summed E-state index contributed by atoms with van der Waals surface area (Å²) in [6, 6.07) is 8.13. The number of nitriles is 1. The number of oxime groups is 1. The van der Waals surface area contributed by atoms with Crippen molar-refractivity contribution >= 4 is 21.8 Å². The maximum Gasteiger partial charge on any atom is 0.328 e. The average molecular weight is 396 g/mol. The number of hydrogen-bond acceptors (Lipinski definition) is 8. The molecular weight excluding hydrogens is 372 g/mol. The number of carbonyl (C=O) groups excluding carboxylic acids is 1. The highest BCUT2D eigenvalue weighted by atomic mass is 32.2. The lowest BCUT2D eigenvalue weighted by Crippen LogP contribution is -2.26. The lowest BCUT2D eigenvalue weighted by Gasteiger charge is -2.20. The summed E-state index contributed by atoms with van der Waals surface area (Å²) in [4.78, 5) is 11.8. The Morgan fingerprint density at radius 1 is 1.26 bits per heavy atom. The number of benzene rings is 1. The van der Waals surface area contributed by atoms with Crippen LogP contribution in [0.15, 0.2) is 29.4 Å². The average Bonchev–Trinajstić information content (AvgIpc) is 2.65. The van der Waals surface area contributed by atoms with Crippen LogP contribution in [0, 0.1) is 16.7 Å². The molecule has 0 unspecified atom stereocenters. The monoisotopic (exact) mass is 396 g/mol. The van der Waals surface area contributed by atoms with Crippen molar-refractivity contribution in [2.75, 3.05) is 19.5 Å². The summed E-state index contributed by atoms with van der Waals surface area (Å²) in [5, 5.41) is 12.6. The molecule has 0 saturated carbocycles. The van der Waals surface area contributed by atoms with Gasteiger partial charge >= 0.3 is 16.1 Å². The van der Waals surface area contributed by atoms with Crippen LogP contribution < -0.4 is 4.74 Å². The van der Waals surface area contributed by atoms with Gasteiger partial charge in [-0.05, 0) is 51.0 Å². The zero-order valence-corrected chi connectivity index (χ0v) is 16.7. The molecule has 0 fully saturated rings. The first-order valence-corrected chi connectivity index (χ1v) is 9.94. The number of esters is 1. The minimum atomic E-state index is -4.00. The number of nitrogens with zero attached hydrogens (tertiary/aromatic N) is 2. The summed E-state index contributed by atoms with van der Waals surface area (Å²) < 4.78 is 38.4. The van der Waals surface area contributed by atoms with Crippen molar-refractivity contribution in [2.45, 2.75) is 33.6 Å². The number of rotatable bonds is 10. The second-order valence-electron chi connectivity index (χ2n) is 6.34. The predicted octanol–water partition coefficient (Wildman–Crippen LogP) is 2.64. The van der Waals surface area contributed by atoms with Crippen LogP contribution in [0.25, 0.3) is 0 Å². The summed E-state index contributed by atoms with van der Waals surface area (Å²) >= 11 is 0. The minimum Gasteiger partial charge on any atom is -0.497 e. The van der Waals surface area contributed by atoms with Gasteiger partial charge in [0.15, 0.2) is 5.71 Å². The van der Waals surface area contributed by atoms with E-state index in [9.17, 15) is 13.2 Å². The van der Waals surface area contributed by atoms with Crippen LogP contribution in [-0.4, -0.2) is 39.6 Å². The van der Waals surface area contributed by atoms with Crippen molar-refractivity contribution < 1.29 is 27.0 Å². The predicted molar refractivity (Wildman–Crippen MR) is 99.7 cm³/mol. The quantitative estimate of drug-likeness (QED) is 0.258. The van der Waals surface area contributed by atoms with E-state index in [-0.39, 0.29) is 24.7 Å². The smallest absolute Gasteiger partial charge is 0.328 e. The van der Waals surface area contributed by atoms with Crippen molar-refractivity contribution in [2.24, 2.45) is 10.6 Å². The Bertz CT molecular complexity index is 807. The fraction of sp³-hybridized carbons (Fsp3) is 0.500. The molecule has 0 aliphatic rings. The van der Waals surface area contributed by atoms with E-state index in [1.165, 1.54) is 7.11 Å². The first kappa shape index (κ1) is 22.4. The number of ether oxygens (including phenoxy) is 2. The third-order valence-corrected chi connectivity index (χ3v) is 5.01. The molecule has 27 heavy (non-hydrogen) atoms. The molecule has 1 aromatic rings. The fourth-order valence-corrected chi connectivity index (χ4v) is 2.49. The van der Waals surface area contributed by atoms with E-state index in [0.717, 1.165) is 0 Å². The van der Waals surface area contributed by atoms with Gasteiger partial charge in [-0.15, -0.1) is 0 Å². The van der Waals surface area contributed by atoms with Crippen molar-refractivity contribution in [1.29, 1.82) is 5.26 Å². The highest BCUT2D eigenvalue weighted by Crippen LogP contribution is 2.21. The molecule has 0 aliphatic heterocycles. The molecule has 0 radical (unpaired) electrons. The van der Waals surface area contributed by atoms with E-state index in [4.69, 9.17) is 14.7 Å². The molecule has 0 N–H and O–H groups in total. The van der Waals surface area contributed by atoms with Gasteiger partial charge < -0.3 is 9.47 Å². The van der Waals surface area contributed by atoms with Crippen LogP contribution in [0.2, 0.25) is 0 Å². The van der Waals surface area contributed by atoms with E-state index in [1.807, 2.05) is 6.92 Å². The maximum absolute atomic E-state index is 11.9. The molecule has 148 valence electrons. The van der Waals surface area contributed by atoms with Crippen LogP contribution in [0.5, 0.6) is 5.75 Å². The first-order chi connectivity index (χ1) is 12.6. The Kier molecular flexibility index (Phi) is 8.25. The van der Waals surface area contributed by atoms with Gasteiger partial charge in [0.25, 0.3) is 0 Å². The summed E-state index contributed by atoms with van der Waals surface area (Å²) in [5.74, 6) is -0.185. The molecule has 0 aromatic heterocycles. The van der Waals surface area contributed by atoms with Crippen molar-refractivity contribution in [1.82, 2.24) is 0 Å². The summed E-state index contributed by atoms with van der Waals surface area (Å²) in [5.41, 5.74) is -0.402. The molecule has 0 bridgehead atoms. The Morgan fingerprint density at radius 2 is 1.89 bits per heavy atom. The topological polar surface area (TPSA) is 115 Å². The summed E-state index contributed by atoms with van der Waals surface area (Å²) in [6.45, 7) is 5.34. The number of carbonyl (C=O) groups is 1. The molecule has 8 nitrogen and oxygen atoms in total. The Morgan fingerprint density at radius 3 is 2.41 bits per heavy atom. The zero-order chi connectivity index (χ0) is 20.5. The van der Waals surface area contributed by atoms with Crippen molar-refractivity contribution in [3.05, 3.63) is 29.8 Å². The zero-order valence-electron chi connectivity index (χ0n) is 15.9. The maximum atomic E-state index is 11.9. The third kappa shape index (κ3) is 7.27. The minimum absolute atomic E-state index is 0.0435. The molecule has 0 heterocycles. The van der Waals surface area contributed by atoms with Crippen LogP contribution in [0.4, 0.5) is 0 Å². The van der Waals surface area contributed by atoms with E-state index < -0.39 is 21.3 Å². The van der Waals surface area contributed by atoms with Crippen LogP contribution in [-0.2, 0) is 23.9 Å². The molecule has 0 saturated heterocycles. The van der Waals surface area contributed by atoms with E-state index >= 15 is 0 Å². The van der Waals surface area contributed by atoms with Gasteiger partial charge in [0.05, 0.1) is 24.9 Å². The van der Waals surface area contributed by atoms with Gasteiger partial charge in [0.2, 0.25) is 0 Å². The molecule has 1 rings (SSSR count). The summed E-state index contributed by atoms with van der Waals surface area (Å²) in [7, 11) is -2.50. The van der Waals surface area contributed by atoms with Gasteiger partial charge in [-0.25, -0.2) is 0 Å². The highest BCUT2D eigenvalue weighted by molar-refractivity contribution is 7.86. The van der Waals surface area contributed by atoms with E-state index in [2.05, 4.69) is 9.44 Å². The van der Waals surface area contributed by atoms with Gasteiger partial charge in [-0.1, -0.05) is 12.1 Å². The fourth-order valence-electron chi connectivity index (χ4n) is 1.76. The van der Waals surface area contributed by atoms with Crippen LogP contribution >= 0.6 is 0 Å². The van der Waals surface area contributed by atoms with Crippen molar-refractivity contribution in [3.63, 3.8) is 0 Å². The lowest BCUT2D eigenvalue weighted by atomic mass is 9.91. The van der Waals surface area contributed by atoms with Gasteiger partial charge in [-0.2, -0.15) is 13.7 Å². The van der Waals surface area contributed by atoms with Crippen LogP contribution in [0.3, 0.4) is 0 Å². The van der Waals surface area contributed by atoms with Crippen molar-refractivity contribution in [3.8, 4) is 11.8 Å². The SMILES string of the molecule is CCC(C)(C)C(=O)OCCCS(=O)(=O)O/N=C(/C#N)c1ccc(OC)cc1.